The summed E-state index contributed by atoms with van der Waals surface area (Å²) in [6.07, 6.45) is 3.30. The summed E-state index contributed by atoms with van der Waals surface area (Å²) in [5.41, 5.74) is 9.97. The van der Waals surface area contributed by atoms with E-state index >= 15 is 0 Å². The Morgan fingerprint density at radius 1 is 1.38 bits per heavy atom. The first-order chi connectivity index (χ1) is 7.59. The fourth-order valence-corrected chi connectivity index (χ4v) is 2.62. The molecule has 2 rings (SSSR count). The van der Waals surface area contributed by atoms with E-state index in [1.54, 1.807) is 0 Å². The predicted octanol–water partition coefficient (Wildman–Crippen LogP) is 2.47. The summed E-state index contributed by atoms with van der Waals surface area (Å²) in [7, 11) is 0. The molecule has 0 aliphatic heterocycles. The maximum absolute atomic E-state index is 9.55. The van der Waals surface area contributed by atoms with Gasteiger partial charge in [0.05, 0.1) is 6.61 Å². The number of hydrogen-bond donors (Lipinski definition) is 2. The third-order valence-electron chi connectivity index (χ3n) is 4.09. The molecule has 1 atom stereocenters. The second-order valence-electron chi connectivity index (χ2n) is 5.21. The van der Waals surface area contributed by atoms with Crippen LogP contribution in [-0.2, 0) is 0 Å². The summed E-state index contributed by atoms with van der Waals surface area (Å²) < 4.78 is 0. The molecule has 3 N–H and O–H groups in total. The summed E-state index contributed by atoms with van der Waals surface area (Å²) in [6.45, 7) is 4.39. The lowest BCUT2D eigenvalue weighted by atomic mass is 9.63. The fourth-order valence-electron chi connectivity index (χ4n) is 2.62. The Bertz CT molecular complexity index is 377. The molecule has 0 aromatic heterocycles. The molecule has 16 heavy (non-hydrogen) atoms. The van der Waals surface area contributed by atoms with Crippen molar-refractivity contribution in [2.75, 3.05) is 6.61 Å². The van der Waals surface area contributed by atoms with Gasteiger partial charge in [0.25, 0.3) is 0 Å². The Labute approximate surface area is 97.5 Å². The van der Waals surface area contributed by atoms with Gasteiger partial charge in [-0.2, -0.15) is 0 Å². The molecule has 1 aromatic carbocycles. The lowest BCUT2D eigenvalue weighted by molar-refractivity contribution is 0.0182. The van der Waals surface area contributed by atoms with Crippen LogP contribution in [0, 0.1) is 19.3 Å². The molecule has 1 saturated carbocycles. The molecule has 0 radical (unpaired) electrons. The first kappa shape index (κ1) is 11.6. The number of hydrogen-bond acceptors (Lipinski definition) is 2. The summed E-state index contributed by atoms with van der Waals surface area (Å²) in [5, 5.41) is 9.55. The molecule has 1 aromatic rings. The Kier molecular flexibility index (Phi) is 3.04. The third-order valence-corrected chi connectivity index (χ3v) is 4.09. The zero-order valence-electron chi connectivity index (χ0n) is 10.2. The molecule has 1 aliphatic rings. The maximum Gasteiger partial charge on any atom is 0.0505 e. The van der Waals surface area contributed by atoms with Crippen LogP contribution in [0.5, 0.6) is 0 Å². The highest BCUT2D eigenvalue weighted by atomic mass is 16.3. The number of aliphatic hydroxyl groups excluding tert-OH is 1. The van der Waals surface area contributed by atoms with Crippen LogP contribution in [0.2, 0.25) is 0 Å². The van der Waals surface area contributed by atoms with Crippen molar-refractivity contribution >= 4 is 0 Å². The van der Waals surface area contributed by atoms with Gasteiger partial charge in [-0.05, 0) is 37.8 Å². The average molecular weight is 219 g/mol. The van der Waals surface area contributed by atoms with E-state index in [0.717, 1.165) is 12.8 Å². The second kappa shape index (κ2) is 4.19. The third kappa shape index (κ3) is 1.76. The van der Waals surface area contributed by atoms with Crippen molar-refractivity contribution in [1.82, 2.24) is 0 Å². The number of benzene rings is 1. The van der Waals surface area contributed by atoms with Crippen molar-refractivity contribution in [3.63, 3.8) is 0 Å². The largest absolute Gasteiger partial charge is 0.396 e. The number of nitrogens with two attached hydrogens (primary N) is 1. The van der Waals surface area contributed by atoms with E-state index in [0.29, 0.717) is 0 Å². The number of aliphatic hydroxyl groups is 1. The SMILES string of the molecule is Cc1ccc(C)c(C(N)C2(CO)CCC2)c1. The first-order valence-corrected chi connectivity index (χ1v) is 6.03. The standard InChI is InChI=1S/C14H21NO/c1-10-4-5-11(2)12(8-10)13(15)14(9-16)6-3-7-14/h4-5,8,13,16H,3,6-7,9,15H2,1-2H3. The summed E-state index contributed by atoms with van der Waals surface area (Å²) in [6, 6.07) is 6.37. The van der Waals surface area contributed by atoms with E-state index in [4.69, 9.17) is 5.73 Å². The van der Waals surface area contributed by atoms with Crippen molar-refractivity contribution < 1.29 is 5.11 Å². The molecule has 0 bridgehead atoms. The van der Waals surface area contributed by atoms with Crippen molar-refractivity contribution in [3.8, 4) is 0 Å². The summed E-state index contributed by atoms with van der Waals surface area (Å²) in [4.78, 5) is 0. The zero-order chi connectivity index (χ0) is 11.8. The van der Waals surface area contributed by atoms with Crippen LogP contribution >= 0.6 is 0 Å². The number of aryl methyl sites for hydroxylation is 2. The molecule has 1 aliphatic carbocycles. The fraction of sp³-hybridized carbons (Fsp3) is 0.571. The van der Waals surface area contributed by atoms with Crippen LogP contribution in [0.15, 0.2) is 18.2 Å². The minimum atomic E-state index is -0.0570. The van der Waals surface area contributed by atoms with Crippen LogP contribution < -0.4 is 5.73 Å². The van der Waals surface area contributed by atoms with Crippen molar-refractivity contribution in [3.05, 3.63) is 34.9 Å². The topological polar surface area (TPSA) is 46.2 Å². The molecule has 1 unspecified atom stereocenters. The normalized spacial score (nSPS) is 20.2. The molecule has 2 nitrogen and oxygen atoms in total. The van der Waals surface area contributed by atoms with Crippen LogP contribution in [-0.4, -0.2) is 11.7 Å². The van der Waals surface area contributed by atoms with Gasteiger partial charge in [-0.15, -0.1) is 0 Å². The number of rotatable bonds is 3. The van der Waals surface area contributed by atoms with Crippen LogP contribution in [0.1, 0.15) is 42.0 Å². The Morgan fingerprint density at radius 2 is 2.06 bits per heavy atom. The van der Waals surface area contributed by atoms with Crippen LogP contribution in [0.25, 0.3) is 0 Å². The molecule has 1 fully saturated rings. The highest BCUT2D eigenvalue weighted by Gasteiger charge is 2.42. The van der Waals surface area contributed by atoms with Gasteiger partial charge in [0.2, 0.25) is 0 Å². The highest BCUT2D eigenvalue weighted by Crippen LogP contribution is 2.49. The minimum Gasteiger partial charge on any atom is -0.396 e. The Balaban J connectivity index is 2.32. The Morgan fingerprint density at radius 3 is 2.56 bits per heavy atom. The molecule has 0 amide bonds. The van der Waals surface area contributed by atoms with Gasteiger partial charge in [-0.1, -0.05) is 30.2 Å². The minimum absolute atomic E-state index is 0.0221. The lowest BCUT2D eigenvalue weighted by Crippen LogP contribution is -2.43. The first-order valence-electron chi connectivity index (χ1n) is 6.03. The predicted molar refractivity (Wildman–Crippen MR) is 66.2 cm³/mol. The molecule has 0 heterocycles. The van der Waals surface area contributed by atoms with Gasteiger partial charge in [0.1, 0.15) is 0 Å². The molecular formula is C14H21NO. The van der Waals surface area contributed by atoms with Crippen molar-refractivity contribution in [2.24, 2.45) is 11.1 Å². The summed E-state index contributed by atoms with van der Waals surface area (Å²) in [5.74, 6) is 0. The quantitative estimate of drug-likeness (QED) is 0.820. The van der Waals surface area contributed by atoms with Crippen LogP contribution in [0.4, 0.5) is 0 Å². The molecular weight excluding hydrogens is 198 g/mol. The van der Waals surface area contributed by atoms with E-state index in [2.05, 4.69) is 32.0 Å². The summed E-state index contributed by atoms with van der Waals surface area (Å²) >= 11 is 0. The molecule has 0 saturated heterocycles. The van der Waals surface area contributed by atoms with E-state index in [1.807, 2.05) is 0 Å². The Hall–Kier alpha value is -0.860. The van der Waals surface area contributed by atoms with Crippen LogP contribution in [0.3, 0.4) is 0 Å². The molecule has 2 heteroatoms. The van der Waals surface area contributed by atoms with E-state index in [1.165, 1.54) is 23.1 Å². The molecule has 88 valence electrons. The molecule has 0 spiro atoms. The monoisotopic (exact) mass is 219 g/mol. The average Bonchev–Trinajstić information content (AvgIpc) is 2.21. The van der Waals surface area contributed by atoms with Crippen molar-refractivity contribution in [2.45, 2.75) is 39.2 Å². The van der Waals surface area contributed by atoms with Gasteiger partial charge in [-0.25, -0.2) is 0 Å². The lowest BCUT2D eigenvalue weighted by Gasteiger charge is -2.45. The van der Waals surface area contributed by atoms with Crippen molar-refractivity contribution in [1.29, 1.82) is 0 Å². The van der Waals surface area contributed by atoms with E-state index in [9.17, 15) is 5.11 Å². The van der Waals surface area contributed by atoms with Gasteiger partial charge in [0, 0.05) is 11.5 Å². The van der Waals surface area contributed by atoms with Gasteiger partial charge in [-0.3, -0.25) is 0 Å². The van der Waals surface area contributed by atoms with E-state index < -0.39 is 0 Å². The smallest absolute Gasteiger partial charge is 0.0505 e. The maximum atomic E-state index is 9.55. The van der Waals surface area contributed by atoms with Gasteiger partial charge in [0.15, 0.2) is 0 Å². The van der Waals surface area contributed by atoms with Gasteiger partial charge < -0.3 is 10.8 Å². The second-order valence-corrected chi connectivity index (χ2v) is 5.21. The van der Waals surface area contributed by atoms with E-state index in [-0.39, 0.29) is 18.1 Å². The highest BCUT2D eigenvalue weighted by molar-refractivity contribution is 5.34. The van der Waals surface area contributed by atoms with Gasteiger partial charge >= 0.3 is 0 Å². The zero-order valence-corrected chi connectivity index (χ0v) is 10.2.